The first kappa shape index (κ1) is 29.3. The lowest BCUT2D eigenvalue weighted by molar-refractivity contribution is -0.394. The number of nitrogens with one attached hydrogen (secondary N) is 1. The highest BCUT2D eigenvalue weighted by atomic mass is 16.6. The molecular formula is C26H29N9O8. The molecule has 2 aliphatic rings. The van der Waals surface area contributed by atoms with Gasteiger partial charge in [-0.05, 0) is 36.8 Å². The fraction of sp³-hybridized carbons (Fsp3) is 0.385. The van der Waals surface area contributed by atoms with Crippen LogP contribution in [0.5, 0.6) is 17.2 Å². The van der Waals surface area contributed by atoms with Crippen molar-refractivity contribution in [1.82, 2.24) is 15.0 Å². The molecule has 0 bridgehead atoms. The number of nitro benzene ring substituents is 2. The third-order valence-electron chi connectivity index (χ3n) is 6.42. The van der Waals surface area contributed by atoms with E-state index in [1.165, 1.54) is 12.3 Å². The number of nitro groups is 2. The molecule has 1 aromatic heterocycles. The van der Waals surface area contributed by atoms with Crippen LogP contribution in [0.25, 0.3) is 0 Å². The van der Waals surface area contributed by atoms with Crippen LogP contribution in [0.2, 0.25) is 0 Å². The van der Waals surface area contributed by atoms with Gasteiger partial charge in [-0.25, -0.2) is 5.43 Å². The minimum absolute atomic E-state index is 0.165. The molecule has 2 fully saturated rings. The number of rotatable bonds is 11. The van der Waals surface area contributed by atoms with Gasteiger partial charge in [0, 0.05) is 32.2 Å². The van der Waals surface area contributed by atoms with E-state index in [1.807, 2.05) is 9.80 Å². The average molecular weight is 596 g/mol. The maximum absolute atomic E-state index is 11.5. The summed E-state index contributed by atoms with van der Waals surface area (Å²) in [6.45, 7) is 7.03. The highest BCUT2D eigenvalue weighted by Gasteiger charge is 2.23. The molecule has 2 saturated heterocycles. The Balaban J connectivity index is 1.35. The molecule has 17 nitrogen and oxygen atoms in total. The molecule has 2 aliphatic heterocycles. The summed E-state index contributed by atoms with van der Waals surface area (Å²) < 4.78 is 22.4. The Morgan fingerprint density at radius 2 is 1.51 bits per heavy atom. The summed E-state index contributed by atoms with van der Waals surface area (Å²) in [5, 5.41) is 26.9. The van der Waals surface area contributed by atoms with Crippen molar-refractivity contribution in [2.75, 3.05) is 74.4 Å². The zero-order chi connectivity index (χ0) is 30.2. The predicted molar refractivity (Wildman–Crippen MR) is 155 cm³/mol. The van der Waals surface area contributed by atoms with Crippen molar-refractivity contribution in [3.63, 3.8) is 0 Å². The largest absolute Gasteiger partial charge is 0.490 e. The SMILES string of the molecule is CCOc1cc(C=NNc2nc(N3CCOCC3)nc(N3CCOCC3)n2)ccc1Oc1ccc([N+](=O)[O-])cc1[N+](=O)[O-]. The summed E-state index contributed by atoms with van der Waals surface area (Å²) in [6.07, 6.45) is 1.53. The second kappa shape index (κ2) is 13.7. The van der Waals surface area contributed by atoms with Gasteiger partial charge in [0.05, 0.1) is 55.2 Å². The quantitative estimate of drug-likeness (QED) is 0.193. The van der Waals surface area contributed by atoms with E-state index in [1.54, 1.807) is 25.1 Å². The fourth-order valence-electron chi connectivity index (χ4n) is 4.30. The lowest BCUT2D eigenvalue weighted by Gasteiger charge is -2.30. The van der Waals surface area contributed by atoms with Gasteiger partial charge in [0.1, 0.15) is 0 Å². The Kier molecular flexibility index (Phi) is 9.33. The van der Waals surface area contributed by atoms with Gasteiger partial charge in [0.15, 0.2) is 11.5 Å². The van der Waals surface area contributed by atoms with Crippen molar-refractivity contribution in [3.05, 3.63) is 62.2 Å². The predicted octanol–water partition coefficient (Wildman–Crippen LogP) is 3.00. The Hall–Kier alpha value is -5.16. The first-order valence-electron chi connectivity index (χ1n) is 13.5. The molecule has 3 heterocycles. The number of ether oxygens (including phenoxy) is 4. The highest BCUT2D eigenvalue weighted by Crippen LogP contribution is 2.38. The van der Waals surface area contributed by atoms with Crippen LogP contribution < -0.4 is 24.7 Å². The van der Waals surface area contributed by atoms with Gasteiger partial charge in [-0.2, -0.15) is 20.1 Å². The molecule has 0 aliphatic carbocycles. The normalized spacial score (nSPS) is 15.4. The average Bonchev–Trinajstić information content (AvgIpc) is 3.03. The van der Waals surface area contributed by atoms with Crippen molar-refractivity contribution >= 4 is 35.4 Å². The summed E-state index contributed by atoms with van der Waals surface area (Å²) in [7, 11) is 0. The zero-order valence-corrected chi connectivity index (χ0v) is 23.2. The molecule has 43 heavy (non-hydrogen) atoms. The number of nitrogens with zero attached hydrogens (tertiary/aromatic N) is 8. The number of hydrogen-bond donors (Lipinski definition) is 1. The summed E-state index contributed by atoms with van der Waals surface area (Å²) >= 11 is 0. The Morgan fingerprint density at radius 3 is 2.09 bits per heavy atom. The first-order valence-corrected chi connectivity index (χ1v) is 13.5. The molecule has 226 valence electrons. The summed E-state index contributed by atoms with van der Waals surface area (Å²) in [5.41, 5.74) is 2.54. The standard InChI is InChI=1S/C26H29N9O8/c1-2-42-23-15-18(3-5-22(23)43-21-6-4-19(34(36)37)16-20(21)35(38)39)17-27-31-24-28-25(32-7-11-40-12-8-32)30-26(29-24)33-9-13-41-14-10-33/h3-6,15-17H,2,7-14H2,1H3,(H,28,29,30,31). The maximum atomic E-state index is 11.5. The topological polar surface area (TPSA) is 193 Å². The fourth-order valence-corrected chi connectivity index (χ4v) is 4.30. The van der Waals surface area contributed by atoms with Gasteiger partial charge >= 0.3 is 5.69 Å². The number of non-ortho nitro benzene ring substituents is 1. The molecule has 0 amide bonds. The molecule has 0 atom stereocenters. The van der Waals surface area contributed by atoms with Crippen molar-refractivity contribution in [3.8, 4) is 17.2 Å². The number of hydrogen-bond acceptors (Lipinski definition) is 15. The highest BCUT2D eigenvalue weighted by molar-refractivity contribution is 5.81. The van der Waals surface area contributed by atoms with E-state index >= 15 is 0 Å². The summed E-state index contributed by atoms with van der Waals surface area (Å²) in [4.78, 5) is 39.0. The van der Waals surface area contributed by atoms with Crippen LogP contribution in [-0.2, 0) is 9.47 Å². The minimum Gasteiger partial charge on any atom is -0.490 e. The molecule has 17 heteroatoms. The Labute approximate surface area is 245 Å². The van der Waals surface area contributed by atoms with Gasteiger partial charge in [-0.15, -0.1) is 0 Å². The minimum atomic E-state index is -0.745. The van der Waals surface area contributed by atoms with Crippen LogP contribution in [0.1, 0.15) is 12.5 Å². The lowest BCUT2D eigenvalue weighted by atomic mass is 10.2. The Bertz CT molecular complexity index is 1460. The van der Waals surface area contributed by atoms with Crippen molar-refractivity contribution in [2.45, 2.75) is 6.92 Å². The number of anilines is 3. The summed E-state index contributed by atoms with van der Waals surface area (Å²) in [5.74, 6) is 1.64. The molecule has 0 spiro atoms. The third-order valence-corrected chi connectivity index (χ3v) is 6.42. The van der Waals surface area contributed by atoms with E-state index in [-0.39, 0.29) is 24.1 Å². The van der Waals surface area contributed by atoms with Crippen LogP contribution in [0.15, 0.2) is 41.5 Å². The molecular weight excluding hydrogens is 566 g/mol. The van der Waals surface area contributed by atoms with Gasteiger partial charge in [0.25, 0.3) is 5.69 Å². The van der Waals surface area contributed by atoms with E-state index in [9.17, 15) is 20.2 Å². The number of benzene rings is 2. The smallest absolute Gasteiger partial charge is 0.318 e. The first-order chi connectivity index (χ1) is 20.9. The van der Waals surface area contributed by atoms with Crippen molar-refractivity contribution in [2.24, 2.45) is 5.10 Å². The van der Waals surface area contributed by atoms with Crippen molar-refractivity contribution in [1.29, 1.82) is 0 Å². The second-order valence-corrected chi connectivity index (χ2v) is 9.24. The maximum Gasteiger partial charge on any atom is 0.318 e. The van der Waals surface area contributed by atoms with Gasteiger partial charge in [-0.3, -0.25) is 20.2 Å². The van der Waals surface area contributed by atoms with Gasteiger partial charge < -0.3 is 28.7 Å². The third kappa shape index (κ3) is 7.38. The monoisotopic (exact) mass is 595 g/mol. The molecule has 0 saturated carbocycles. The molecule has 0 unspecified atom stereocenters. The second-order valence-electron chi connectivity index (χ2n) is 9.24. The van der Waals surface area contributed by atoms with E-state index < -0.39 is 21.2 Å². The van der Waals surface area contributed by atoms with E-state index in [4.69, 9.17) is 18.9 Å². The lowest BCUT2D eigenvalue weighted by Crippen LogP contribution is -2.40. The van der Waals surface area contributed by atoms with Crippen LogP contribution in [0.3, 0.4) is 0 Å². The summed E-state index contributed by atoms with van der Waals surface area (Å²) in [6, 6.07) is 8.03. The molecule has 2 aromatic carbocycles. The van der Waals surface area contributed by atoms with E-state index in [0.717, 1.165) is 12.1 Å². The molecule has 1 N–H and O–H groups in total. The molecule has 3 aromatic rings. The number of hydrazone groups is 1. The van der Waals surface area contributed by atoms with E-state index in [0.29, 0.717) is 75.8 Å². The van der Waals surface area contributed by atoms with Gasteiger partial charge in [0.2, 0.25) is 23.6 Å². The molecule has 5 rings (SSSR count). The van der Waals surface area contributed by atoms with Gasteiger partial charge in [-0.1, -0.05) is 0 Å². The van der Waals surface area contributed by atoms with E-state index in [2.05, 4.69) is 25.5 Å². The number of morpholine rings is 2. The Morgan fingerprint density at radius 1 is 0.884 bits per heavy atom. The van der Waals surface area contributed by atoms with Crippen molar-refractivity contribution < 1.29 is 28.8 Å². The van der Waals surface area contributed by atoms with Crippen LogP contribution in [-0.4, -0.2) is 90.2 Å². The van der Waals surface area contributed by atoms with Crippen LogP contribution >= 0.6 is 0 Å². The van der Waals surface area contributed by atoms with Crippen LogP contribution in [0, 0.1) is 20.2 Å². The van der Waals surface area contributed by atoms with Crippen LogP contribution in [0.4, 0.5) is 29.2 Å². The number of aromatic nitrogens is 3. The zero-order valence-electron chi connectivity index (χ0n) is 23.2. The molecule has 0 radical (unpaired) electrons.